The van der Waals surface area contributed by atoms with Crippen molar-refractivity contribution in [1.29, 1.82) is 0 Å². The van der Waals surface area contributed by atoms with E-state index >= 15 is 0 Å². The summed E-state index contributed by atoms with van der Waals surface area (Å²) in [6, 6.07) is 14.8. The maximum absolute atomic E-state index is 11.9. The highest BCUT2D eigenvalue weighted by atomic mass is 127. The summed E-state index contributed by atoms with van der Waals surface area (Å²) in [4.78, 5) is 16.0. The molecule has 0 fully saturated rings. The van der Waals surface area contributed by atoms with Crippen LogP contribution in [0, 0.1) is 0 Å². The van der Waals surface area contributed by atoms with Gasteiger partial charge in [0.25, 0.3) is 0 Å². The van der Waals surface area contributed by atoms with Crippen LogP contribution in [0.3, 0.4) is 0 Å². The molecule has 0 spiro atoms. The number of nitrogens with zero attached hydrogens (tertiary/aromatic N) is 1. The average molecular weight is 498 g/mol. The van der Waals surface area contributed by atoms with Crippen molar-refractivity contribution in [3.05, 3.63) is 54.1 Å². The van der Waals surface area contributed by atoms with Crippen molar-refractivity contribution in [2.75, 3.05) is 19.0 Å². The molecular formula is C20H27IN4O3. The van der Waals surface area contributed by atoms with Gasteiger partial charge in [-0.2, -0.15) is 0 Å². The first kappa shape index (κ1) is 23.5. The highest BCUT2D eigenvalue weighted by Crippen LogP contribution is 2.16. The van der Waals surface area contributed by atoms with Gasteiger partial charge in [0.2, 0.25) is 5.91 Å². The summed E-state index contributed by atoms with van der Waals surface area (Å²) < 4.78 is 10.7. The van der Waals surface area contributed by atoms with Gasteiger partial charge in [0, 0.05) is 12.2 Å². The molecule has 0 saturated carbocycles. The van der Waals surface area contributed by atoms with Crippen LogP contribution in [0.2, 0.25) is 0 Å². The molecule has 0 heterocycles. The minimum absolute atomic E-state index is 0. The molecule has 2 aromatic rings. The highest BCUT2D eigenvalue weighted by Gasteiger charge is 2.03. The third kappa shape index (κ3) is 8.47. The molecule has 0 atom stereocenters. The molecule has 152 valence electrons. The Labute approximate surface area is 182 Å². The van der Waals surface area contributed by atoms with Crippen LogP contribution in [-0.2, 0) is 11.3 Å². The van der Waals surface area contributed by atoms with Crippen molar-refractivity contribution in [3.63, 3.8) is 0 Å². The lowest BCUT2D eigenvalue weighted by Gasteiger charge is -2.11. The molecule has 8 heteroatoms. The number of carbonyl (C=O) groups excluding carboxylic acids is 1. The van der Waals surface area contributed by atoms with E-state index in [1.807, 2.05) is 62.4 Å². The Hall–Kier alpha value is -2.49. The summed E-state index contributed by atoms with van der Waals surface area (Å²) in [5.74, 6) is 1.52. The first-order valence-corrected chi connectivity index (χ1v) is 8.69. The van der Waals surface area contributed by atoms with Crippen molar-refractivity contribution in [2.24, 2.45) is 10.7 Å². The van der Waals surface area contributed by atoms with Crippen LogP contribution in [0.5, 0.6) is 11.5 Å². The first-order chi connectivity index (χ1) is 13.0. The lowest BCUT2D eigenvalue weighted by molar-refractivity contribution is -0.119. The number of guanidine groups is 1. The van der Waals surface area contributed by atoms with Crippen molar-refractivity contribution >= 4 is 41.5 Å². The zero-order valence-electron chi connectivity index (χ0n) is 16.3. The summed E-state index contributed by atoms with van der Waals surface area (Å²) >= 11 is 0. The minimum Gasteiger partial charge on any atom is -0.497 e. The second-order valence-corrected chi connectivity index (χ2v) is 6.14. The second-order valence-electron chi connectivity index (χ2n) is 6.14. The van der Waals surface area contributed by atoms with Crippen LogP contribution in [0.25, 0.3) is 0 Å². The van der Waals surface area contributed by atoms with E-state index in [2.05, 4.69) is 15.6 Å². The predicted octanol–water partition coefficient (Wildman–Crippen LogP) is 3.14. The van der Waals surface area contributed by atoms with Crippen LogP contribution in [0.1, 0.15) is 19.4 Å². The van der Waals surface area contributed by atoms with Crippen molar-refractivity contribution in [2.45, 2.75) is 26.5 Å². The van der Waals surface area contributed by atoms with E-state index in [9.17, 15) is 4.79 Å². The van der Waals surface area contributed by atoms with Gasteiger partial charge in [-0.15, -0.1) is 24.0 Å². The number of aliphatic imine (C=N–C) groups is 1. The summed E-state index contributed by atoms with van der Waals surface area (Å²) in [7, 11) is 1.61. The van der Waals surface area contributed by atoms with Gasteiger partial charge >= 0.3 is 0 Å². The van der Waals surface area contributed by atoms with E-state index in [-0.39, 0.29) is 48.5 Å². The largest absolute Gasteiger partial charge is 0.497 e. The zero-order chi connectivity index (χ0) is 19.6. The Morgan fingerprint density at radius 3 is 2.25 bits per heavy atom. The molecule has 0 aliphatic rings. The van der Waals surface area contributed by atoms with Crippen LogP contribution in [-0.4, -0.2) is 31.6 Å². The third-order valence-corrected chi connectivity index (χ3v) is 3.54. The summed E-state index contributed by atoms with van der Waals surface area (Å²) in [6.45, 7) is 4.31. The number of hydrogen-bond donors (Lipinski definition) is 3. The number of ether oxygens (including phenoxy) is 2. The number of methoxy groups -OCH3 is 1. The van der Waals surface area contributed by atoms with Crippen LogP contribution in [0.4, 0.5) is 5.69 Å². The molecule has 0 aliphatic heterocycles. The highest BCUT2D eigenvalue weighted by molar-refractivity contribution is 14.0. The van der Waals surface area contributed by atoms with Crippen molar-refractivity contribution < 1.29 is 14.3 Å². The summed E-state index contributed by atoms with van der Waals surface area (Å²) in [5, 5.41) is 5.74. The molecule has 1 amide bonds. The lowest BCUT2D eigenvalue weighted by atomic mass is 10.2. The van der Waals surface area contributed by atoms with Crippen molar-refractivity contribution in [3.8, 4) is 11.5 Å². The van der Waals surface area contributed by atoms with Gasteiger partial charge in [0.05, 0.1) is 13.2 Å². The average Bonchev–Trinajstić information content (AvgIpc) is 2.66. The molecule has 2 aromatic carbocycles. The Morgan fingerprint density at radius 2 is 1.68 bits per heavy atom. The van der Waals surface area contributed by atoms with Gasteiger partial charge in [-0.3, -0.25) is 4.79 Å². The summed E-state index contributed by atoms with van der Waals surface area (Å²) in [6.07, 6.45) is 0.117. The van der Waals surface area contributed by atoms with Gasteiger partial charge in [-0.25, -0.2) is 4.99 Å². The van der Waals surface area contributed by atoms with Gasteiger partial charge in [-0.1, -0.05) is 12.1 Å². The zero-order valence-corrected chi connectivity index (χ0v) is 18.6. The van der Waals surface area contributed by atoms with Gasteiger partial charge in [0.15, 0.2) is 5.96 Å². The Morgan fingerprint density at radius 1 is 1.07 bits per heavy atom. The number of nitrogens with one attached hydrogen (secondary N) is 2. The summed E-state index contributed by atoms with van der Waals surface area (Å²) in [5.41, 5.74) is 7.57. The monoisotopic (exact) mass is 498 g/mol. The van der Waals surface area contributed by atoms with E-state index in [1.54, 1.807) is 7.11 Å². The smallest absolute Gasteiger partial charge is 0.242 e. The fraction of sp³-hybridized carbons (Fsp3) is 0.300. The number of benzene rings is 2. The van der Waals surface area contributed by atoms with E-state index in [0.717, 1.165) is 22.7 Å². The van der Waals surface area contributed by atoms with Gasteiger partial charge in [-0.05, 0) is 55.8 Å². The Balaban J connectivity index is 0.00000392. The van der Waals surface area contributed by atoms with E-state index < -0.39 is 0 Å². The van der Waals surface area contributed by atoms with Crippen LogP contribution < -0.4 is 25.8 Å². The predicted molar refractivity (Wildman–Crippen MR) is 123 cm³/mol. The number of halogens is 1. The topological polar surface area (TPSA) is 98.0 Å². The quantitative estimate of drug-likeness (QED) is 0.295. The van der Waals surface area contributed by atoms with Crippen LogP contribution >= 0.6 is 24.0 Å². The van der Waals surface area contributed by atoms with Gasteiger partial charge in [0.1, 0.15) is 18.0 Å². The number of rotatable bonds is 8. The number of anilines is 1. The van der Waals surface area contributed by atoms with E-state index in [1.165, 1.54) is 0 Å². The first-order valence-electron chi connectivity index (χ1n) is 8.69. The SMILES string of the molecule is COc1ccc(CNC(=O)CN=C(N)Nc2ccc(OC(C)C)cc2)cc1.I. The maximum atomic E-state index is 11.9. The van der Waals surface area contributed by atoms with Crippen molar-refractivity contribution in [1.82, 2.24) is 5.32 Å². The number of hydrogen-bond acceptors (Lipinski definition) is 4. The second kappa shape index (κ2) is 12.1. The molecule has 4 N–H and O–H groups in total. The Kier molecular flexibility index (Phi) is 10.1. The molecule has 0 saturated heterocycles. The molecule has 2 rings (SSSR count). The number of carbonyl (C=O) groups is 1. The molecule has 7 nitrogen and oxygen atoms in total. The Bertz CT molecular complexity index is 762. The lowest BCUT2D eigenvalue weighted by Crippen LogP contribution is -2.28. The van der Waals surface area contributed by atoms with E-state index in [4.69, 9.17) is 15.2 Å². The molecule has 0 unspecified atom stereocenters. The molecule has 0 aliphatic carbocycles. The molecule has 0 aromatic heterocycles. The maximum Gasteiger partial charge on any atom is 0.242 e. The number of nitrogens with two attached hydrogens (primary N) is 1. The standard InChI is InChI=1S/C20H26N4O3.HI/c1-14(2)27-18-10-6-16(7-11-18)24-20(21)23-13-19(25)22-12-15-4-8-17(26-3)9-5-15;/h4-11,14H,12-13H2,1-3H3,(H,22,25)(H3,21,23,24);1H. The number of amides is 1. The normalized spacial score (nSPS) is 10.8. The van der Waals surface area contributed by atoms with Gasteiger partial charge < -0.3 is 25.8 Å². The molecule has 28 heavy (non-hydrogen) atoms. The fourth-order valence-electron chi connectivity index (χ4n) is 2.23. The fourth-order valence-corrected chi connectivity index (χ4v) is 2.23. The third-order valence-electron chi connectivity index (χ3n) is 3.54. The molecule has 0 radical (unpaired) electrons. The van der Waals surface area contributed by atoms with Crippen LogP contribution in [0.15, 0.2) is 53.5 Å². The van der Waals surface area contributed by atoms with E-state index in [0.29, 0.717) is 6.54 Å². The minimum atomic E-state index is -0.212. The molecular weight excluding hydrogens is 471 g/mol. The molecule has 0 bridgehead atoms.